The predicted octanol–water partition coefficient (Wildman–Crippen LogP) is 3.89. The molecule has 0 bridgehead atoms. The molecule has 3 rings (SSSR count). The van der Waals surface area contributed by atoms with Crippen LogP contribution in [0.15, 0.2) is 27.3 Å². The molecule has 1 saturated heterocycles. The maximum atomic E-state index is 12.4. The Hall–Kier alpha value is -1.53. The molecule has 23 heavy (non-hydrogen) atoms. The number of benzene rings is 1. The van der Waals surface area contributed by atoms with Crippen LogP contribution in [0.3, 0.4) is 0 Å². The lowest BCUT2D eigenvalue weighted by atomic mass is 10.1. The second-order valence-corrected chi connectivity index (χ2v) is 6.73. The Balaban J connectivity index is 1.82. The van der Waals surface area contributed by atoms with Crippen LogP contribution in [-0.4, -0.2) is 31.3 Å². The molecular formula is C17H20BrNO4. The number of nitrogens with one attached hydrogen (secondary N) is 1. The van der Waals surface area contributed by atoms with Crippen molar-refractivity contribution in [1.29, 1.82) is 0 Å². The van der Waals surface area contributed by atoms with Crippen molar-refractivity contribution in [2.24, 2.45) is 0 Å². The van der Waals surface area contributed by atoms with Crippen molar-refractivity contribution in [2.45, 2.75) is 38.9 Å². The topological polar surface area (TPSA) is 60.7 Å². The number of hydrogen-bond donors (Lipinski definition) is 1. The molecule has 2 aromatic rings. The van der Waals surface area contributed by atoms with Gasteiger partial charge in [0, 0.05) is 24.8 Å². The van der Waals surface area contributed by atoms with E-state index in [0.29, 0.717) is 28.1 Å². The fourth-order valence-corrected chi connectivity index (χ4v) is 3.08. The Bertz CT molecular complexity index is 704. The van der Waals surface area contributed by atoms with E-state index in [4.69, 9.17) is 13.9 Å². The summed E-state index contributed by atoms with van der Waals surface area (Å²) in [7, 11) is 0. The second kappa shape index (κ2) is 6.93. The average molecular weight is 382 g/mol. The van der Waals surface area contributed by atoms with E-state index in [1.165, 1.54) is 0 Å². The van der Waals surface area contributed by atoms with Crippen LogP contribution in [0.1, 0.15) is 37.0 Å². The number of furan rings is 1. The van der Waals surface area contributed by atoms with Crippen LogP contribution in [-0.2, 0) is 4.74 Å². The number of carbonyl (C=O) groups excluding carboxylic acids is 1. The number of fused-ring (bicyclic) bond motifs is 1. The number of hydrogen-bond acceptors (Lipinski definition) is 4. The summed E-state index contributed by atoms with van der Waals surface area (Å²) in [5, 5.41) is 3.77. The van der Waals surface area contributed by atoms with Gasteiger partial charge in [0.1, 0.15) is 11.3 Å². The molecule has 1 amide bonds. The maximum absolute atomic E-state index is 12.4. The van der Waals surface area contributed by atoms with Gasteiger partial charge in [0.25, 0.3) is 5.91 Å². The zero-order chi connectivity index (χ0) is 16.4. The van der Waals surface area contributed by atoms with Crippen molar-refractivity contribution in [3.8, 4) is 5.75 Å². The Morgan fingerprint density at radius 2 is 2.26 bits per heavy atom. The third kappa shape index (κ3) is 3.87. The van der Waals surface area contributed by atoms with Crippen LogP contribution in [0.4, 0.5) is 0 Å². The smallest absolute Gasteiger partial charge is 0.251 e. The average Bonchev–Trinajstić information content (AvgIpc) is 3.12. The van der Waals surface area contributed by atoms with Crippen LogP contribution in [0.25, 0.3) is 11.0 Å². The monoisotopic (exact) mass is 381 g/mol. The molecule has 1 fully saturated rings. The lowest BCUT2D eigenvalue weighted by molar-refractivity contribution is 0.0857. The zero-order valence-corrected chi connectivity index (χ0v) is 14.8. The number of ether oxygens (including phenoxy) is 2. The van der Waals surface area contributed by atoms with E-state index in [2.05, 4.69) is 21.2 Å². The minimum absolute atomic E-state index is 0.0112. The first-order valence-electron chi connectivity index (χ1n) is 7.82. The van der Waals surface area contributed by atoms with Gasteiger partial charge in [-0.2, -0.15) is 0 Å². The molecule has 1 N–H and O–H groups in total. The van der Waals surface area contributed by atoms with Crippen molar-refractivity contribution in [1.82, 2.24) is 5.32 Å². The number of amides is 1. The lowest BCUT2D eigenvalue weighted by Crippen LogP contribution is -2.31. The Kier molecular flexibility index (Phi) is 4.92. The van der Waals surface area contributed by atoms with Crippen molar-refractivity contribution < 1.29 is 18.7 Å². The summed E-state index contributed by atoms with van der Waals surface area (Å²) in [4.78, 5) is 12.4. The Labute approximate surface area is 143 Å². The number of carbonyl (C=O) groups is 1. The van der Waals surface area contributed by atoms with Gasteiger partial charge in [-0.25, -0.2) is 0 Å². The van der Waals surface area contributed by atoms with Crippen LogP contribution in [0.5, 0.6) is 5.75 Å². The highest BCUT2D eigenvalue weighted by atomic mass is 79.9. The van der Waals surface area contributed by atoms with Gasteiger partial charge in [0.2, 0.25) is 0 Å². The van der Waals surface area contributed by atoms with E-state index in [1.807, 2.05) is 19.9 Å². The van der Waals surface area contributed by atoms with E-state index in [9.17, 15) is 4.79 Å². The van der Waals surface area contributed by atoms with Gasteiger partial charge in [-0.1, -0.05) is 0 Å². The minimum Gasteiger partial charge on any atom is -0.490 e. The number of halogens is 1. The molecule has 0 aliphatic carbocycles. The summed E-state index contributed by atoms with van der Waals surface area (Å²) in [5.41, 5.74) is 1.14. The molecule has 0 spiro atoms. The standard InChI is InChI=1S/C17H20BrNO4/c1-10(2)22-14-6-11(7-15-13(14)8-16(18)23-15)17(20)19-9-12-4-3-5-21-12/h6-8,10,12H,3-5,9H2,1-2H3,(H,19,20). The predicted molar refractivity (Wildman–Crippen MR) is 91.0 cm³/mol. The quantitative estimate of drug-likeness (QED) is 0.853. The number of rotatable bonds is 5. The molecular weight excluding hydrogens is 362 g/mol. The van der Waals surface area contributed by atoms with Gasteiger partial charge in [0.05, 0.1) is 17.6 Å². The van der Waals surface area contributed by atoms with Crippen molar-refractivity contribution in [2.75, 3.05) is 13.2 Å². The van der Waals surface area contributed by atoms with E-state index < -0.39 is 0 Å². The minimum atomic E-state index is -0.150. The first-order chi connectivity index (χ1) is 11.0. The maximum Gasteiger partial charge on any atom is 0.251 e. The fourth-order valence-electron chi connectivity index (χ4n) is 2.67. The first-order valence-corrected chi connectivity index (χ1v) is 8.62. The molecule has 1 unspecified atom stereocenters. The van der Waals surface area contributed by atoms with Crippen molar-refractivity contribution in [3.63, 3.8) is 0 Å². The SMILES string of the molecule is CC(C)Oc1cc(C(=O)NCC2CCCO2)cc2oc(Br)cc12. The molecule has 5 nitrogen and oxygen atoms in total. The summed E-state index contributed by atoms with van der Waals surface area (Å²) >= 11 is 3.32. The summed E-state index contributed by atoms with van der Waals surface area (Å²) in [6, 6.07) is 5.34. The molecule has 2 heterocycles. The molecule has 1 aliphatic rings. The largest absolute Gasteiger partial charge is 0.490 e. The third-order valence-electron chi connectivity index (χ3n) is 3.71. The summed E-state index contributed by atoms with van der Waals surface area (Å²) in [6.45, 7) is 5.20. The molecule has 6 heteroatoms. The van der Waals surface area contributed by atoms with Crippen molar-refractivity contribution in [3.05, 3.63) is 28.4 Å². The van der Waals surface area contributed by atoms with Gasteiger partial charge in [0.15, 0.2) is 4.67 Å². The third-order valence-corrected chi connectivity index (χ3v) is 4.10. The first kappa shape index (κ1) is 16.3. The summed E-state index contributed by atoms with van der Waals surface area (Å²) in [6.07, 6.45) is 2.18. The van der Waals surface area contributed by atoms with Crippen LogP contribution in [0.2, 0.25) is 0 Å². The van der Waals surface area contributed by atoms with E-state index >= 15 is 0 Å². The molecule has 1 aromatic heterocycles. The van der Waals surface area contributed by atoms with Crippen LogP contribution >= 0.6 is 15.9 Å². The molecule has 0 radical (unpaired) electrons. The second-order valence-electron chi connectivity index (χ2n) is 5.95. The van der Waals surface area contributed by atoms with Crippen LogP contribution < -0.4 is 10.1 Å². The normalized spacial score (nSPS) is 17.8. The molecule has 1 aromatic carbocycles. The van der Waals surface area contributed by atoms with Gasteiger partial charge < -0.3 is 19.2 Å². The van der Waals surface area contributed by atoms with Gasteiger partial charge >= 0.3 is 0 Å². The molecule has 0 saturated carbocycles. The Morgan fingerprint density at radius 1 is 1.43 bits per heavy atom. The summed E-state index contributed by atoms with van der Waals surface area (Å²) in [5.74, 6) is 0.498. The highest BCUT2D eigenvalue weighted by Crippen LogP contribution is 2.33. The molecule has 124 valence electrons. The lowest BCUT2D eigenvalue weighted by Gasteiger charge is -2.13. The fraction of sp³-hybridized carbons (Fsp3) is 0.471. The van der Waals surface area contributed by atoms with Crippen LogP contribution in [0, 0.1) is 0 Å². The molecule has 1 atom stereocenters. The molecule has 1 aliphatic heterocycles. The zero-order valence-electron chi connectivity index (χ0n) is 13.2. The van der Waals surface area contributed by atoms with Gasteiger partial charge in [-0.05, 0) is 54.8 Å². The van der Waals surface area contributed by atoms with Gasteiger partial charge in [-0.15, -0.1) is 0 Å². The van der Waals surface area contributed by atoms with Gasteiger partial charge in [-0.3, -0.25) is 4.79 Å². The van der Waals surface area contributed by atoms with E-state index in [1.54, 1.807) is 12.1 Å². The van der Waals surface area contributed by atoms with E-state index in [-0.39, 0.29) is 18.1 Å². The highest BCUT2D eigenvalue weighted by Gasteiger charge is 2.19. The summed E-state index contributed by atoms with van der Waals surface area (Å²) < 4.78 is 17.5. The van der Waals surface area contributed by atoms with E-state index in [0.717, 1.165) is 24.8 Å². The Morgan fingerprint density at radius 3 is 2.96 bits per heavy atom. The highest BCUT2D eigenvalue weighted by molar-refractivity contribution is 9.10. The van der Waals surface area contributed by atoms with Crippen molar-refractivity contribution >= 4 is 32.8 Å².